The Labute approximate surface area is 101 Å². The highest BCUT2D eigenvalue weighted by molar-refractivity contribution is 5.50. The smallest absolute Gasteiger partial charge is 0.129 e. The van der Waals surface area contributed by atoms with Gasteiger partial charge in [0.2, 0.25) is 0 Å². The molecule has 0 unspecified atom stereocenters. The number of nitrogens with one attached hydrogen (secondary N) is 1. The highest BCUT2D eigenvalue weighted by atomic mass is 15.2. The summed E-state index contributed by atoms with van der Waals surface area (Å²) >= 11 is 0. The third-order valence-corrected chi connectivity index (χ3v) is 2.56. The first-order valence-electron chi connectivity index (χ1n) is 5.58. The first kappa shape index (κ1) is 11.4. The van der Waals surface area contributed by atoms with Crippen LogP contribution in [0.1, 0.15) is 11.1 Å². The summed E-state index contributed by atoms with van der Waals surface area (Å²) < 4.78 is 1.81. The summed E-state index contributed by atoms with van der Waals surface area (Å²) in [5.74, 6) is 0.892. The van der Waals surface area contributed by atoms with Crippen LogP contribution in [0.25, 0.3) is 0 Å². The summed E-state index contributed by atoms with van der Waals surface area (Å²) in [5.41, 5.74) is 8.63. The van der Waals surface area contributed by atoms with Gasteiger partial charge in [0.1, 0.15) is 5.82 Å². The van der Waals surface area contributed by atoms with Crippen LogP contribution in [0.15, 0.2) is 24.7 Å². The molecule has 0 radical (unpaired) electrons. The van der Waals surface area contributed by atoms with Crippen molar-refractivity contribution in [2.75, 3.05) is 17.6 Å². The van der Waals surface area contributed by atoms with E-state index in [9.17, 15) is 0 Å². The van der Waals surface area contributed by atoms with Gasteiger partial charge in [0.15, 0.2) is 0 Å². The average molecular weight is 231 g/mol. The fraction of sp³-hybridized carbons (Fsp3) is 0.333. The zero-order valence-electron chi connectivity index (χ0n) is 10.1. The van der Waals surface area contributed by atoms with Crippen LogP contribution in [0.4, 0.5) is 11.5 Å². The van der Waals surface area contributed by atoms with E-state index in [1.54, 1.807) is 6.20 Å². The van der Waals surface area contributed by atoms with E-state index in [0.717, 1.165) is 24.3 Å². The second kappa shape index (κ2) is 4.86. The molecule has 0 saturated carbocycles. The zero-order valence-corrected chi connectivity index (χ0v) is 10.1. The number of nitrogen functional groups attached to an aromatic ring is 1. The lowest BCUT2D eigenvalue weighted by molar-refractivity contribution is 0.767. The third kappa shape index (κ3) is 2.96. The second-order valence-corrected chi connectivity index (χ2v) is 4.13. The lowest BCUT2D eigenvalue weighted by atomic mass is 10.2. The predicted octanol–water partition coefficient (Wildman–Crippen LogP) is 1.36. The molecule has 0 aliphatic carbocycles. The first-order chi connectivity index (χ1) is 8.15. The maximum absolute atomic E-state index is 5.65. The molecule has 0 aliphatic heterocycles. The molecule has 3 N–H and O–H groups in total. The summed E-state index contributed by atoms with van der Waals surface area (Å²) in [6, 6.07) is 1.92. The summed E-state index contributed by atoms with van der Waals surface area (Å²) in [5, 5.41) is 7.42. The minimum absolute atomic E-state index is 0.695. The largest absolute Gasteiger partial charge is 0.397 e. The van der Waals surface area contributed by atoms with Crippen LogP contribution >= 0.6 is 0 Å². The molecule has 0 saturated heterocycles. The maximum atomic E-state index is 5.65. The van der Waals surface area contributed by atoms with Gasteiger partial charge in [-0.15, -0.1) is 0 Å². The van der Waals surface area contributed by atoms with Crippen molar-refractivity contribution in [3.8, 4) is 0 Å². The van der Waals surface area contributed by atoms with Crippen molar-refractivity contribution < 1.29 is 0 Å². The van der Waals surface area contributed by atoms with Crippen LogP contribution in [0.2, 0.25) is 0 Å². The molecule has 5 heteroatoms. The Balaban J connectivity index is 1.90. The first-order valence-corrected chi connectivity index (χ1v) is 5.58. The van der Waals surface area contributed by atoms with Crippen molar-refractivity contribution in [1.29, 1.82) is 0 Å². The van der Waals surface area contributed by atoms with E-state index in [0.29, 0.717) is 5.69 Å². The fourth-order valence-corrected chi connectivity index (χ4v) is 1.71. The number of aryl methyl sites for hydroxylation is 2. The summed E-state index contributed by atoms with van der Waals surface area (Å²) in [7, 11) is 1.92. The maximum Gasteiger partial charge on any atom is 0.129 e. The number of hydrogen-bond donors (Lipinski definition) is 2. The number of pyridine rings is 1. The van der Waals surface area contributed by atoms with E-state index in [-0.39, 0.29) is 0 Å². The quantitative estimate of drug-likeness (QED) is 0.833. The van der Waals surface area contributed by atoms with Gasteiger partial charge in [-0.3, -0.25) is 4.68 Å². The van der Waals surface area contributed by atoms with Crippen molar-refractivity contribution >= 4 is 11.5 Å². The lowest BCUT2D eigenvalue weighted by Gasteiger charge is -2.08. The van der Waals surface area contributed by atoms with E-state index in [1.807, 2.05) is 37.1 Å². The molecule has 0 atom stereocenters. The molecule has 90 valence electrons. The second-order valence-electron chi connectivity index (χ2n) is 4.13. The number of hydrogen-bond acceptors (Lipinski definition) is 4. The Bertz CT molecular complexity index is 503. The molecule has 2 aromatic heterocycles. The Kier molecular flexibility index (Phi) is 3.27. The summed E-state index contributed by atoms with van der Waals surface area (Å²) in [6.07, 6.45) is 6.49. The van der Waals surface area contributed by atoms with Crippen molar-refractivity contribution in [2.24, 2.45) is 7.05 Å². The summed E-state index contributed by atoms with van der Waals surface area (Å²) in [6.45, 7) is 2.83. The molecular weight excluding hydrogens is 214 g/mol. The molecule has 2 rings (SSSR count). The average Bonchev–Trinajstić information content (AvgIpc) is 2.68. The monoisotopic (exact) mass is 231 g/mol. The molecule has 17 heavy (non-hydrogen) atoms. The summed E-state index contributed by atoms with van der Waals surface area (Å²) in [4.78, 5) is 4.26. The van der Waals surface area contributed by atoms with Crippen molar-refractivity contribution in [2.45, 2.75) is 13.3 Å². The van der Waals surface area contributed by atoms with E-state index < -0.39 is 0 Å². The predicted molar refractivity (Wildman–Crippen MR) is 68.8 cm³/mol. The SMILES string of the molecule is Cc1cc(N)cnc1NCCc1cnn(C)c1. The highest BCUT2D eigenvalue weighted by Crippen LogP contribution is 2.13. The van der Waals surface area contributed by atoms with Gasteiger partial charge in [0, 0.05) is 19.8 Å². The molecule has 0 bridgehead atoms. The van der Waals surface area contributed by atoms with Crippen LogP contribution in [-0.2, 0) is 13.5 Å². The molecule has 0 fully saturated rings. The molecule has 2 aromatic rings. The third-order valence-electron chi connectivity index (χ3n) is 2.56. The molecule has 0 aliphatic rings. The zero-order chi connectivity index (χ0) is 12.3. The standard InChI is InChI=1S/C12H17N5/c1-9-5-11(13)7-15-12(9)14-4-3-10-6-16-17(2)8-10/h5-8H,3-4,13H2,1-2H3,(H,14,15). The van der Waals surface area contributed by atoms with Gasteiger partial charge in [-0.05, 0) is 30.5 Å². The van der Waals surface area contributed by atoms with Gasteiger partial charge in [-0.25, -0.2) is 4.98 Å². The van der Waals surface area contributed by atoms with Crippen LogP contribution in [-0.4, -0.2) is 21.3 Å². The minimum atomic E-state index is 0.695. The van der Waals surface area contributed by atoms with Gasteiger partial charge < -0.3 is 11.1 Å². The Morgan fingerprint density at radius 3 is 2.88 bits per heavy atom. The molecule has 0 amide bonds. The Morgan fingerprint density at radius 1 is 1.41 bits per heavy atom. The Hall–Kier alpha value is -2.04. The van der Waals surface area contributed by atoms with E-state index >= 15 is 0 Å². The Morgan fingerprint density at radius 2 is 2.24 bits per heavy atom. The van der Waals surface area contributed by atoms with Crippen LogP contribution in [0, 0.1) is 6.92 Å². The topological polar surface area (TPSA) is 68.8 Å². The van der Waals surface area contributed by atoms with E-state index in [4.69, 9.17) is 5.73 Å². The van der Waals surface area contributed by atoms with Crippen LogP contribution < -0.4 is 11.1 Å². The van der Waals surface area contributed by atoms with Gasteiger partial charge in [0.25, 0.3) is 0 Å². The van der Waals surface area contributed by atoms with Gasteiger partial charge in [-0.2, -0.15) is 5.10 Å². The normalized spacial score (nSPS) is 10.5. The number of rotatable bonds is 4. The molecular formula is C12H17N5. The van der Waals surface area contributed by atoms with Crippen LogP contribution in [0.3, 0.4) is 0 Å². The molecule has 0 aromatic carbocycles. The van der Waals surface area contributed by atoms with Crippen molar-refractivity contribution in [1.82, 2.24) is 14.8 Å². The molecule has 0 spiro atoms. The van der Waals surface area contributed by atoms with E-state index in [2.05, 4.69) is 15.4 Å². The fourth-order valence-electron chi connectivity index (χ4n) is 1.71. The van der Waals surface area contributed by atoms with Gasteiger partial charge in [-0.1, -0.05) is 0 Å². The molecule has 2 heterocycles. The number of aromatic nitrogens is 3. The minimum Gasteiger partial charge on any atom is -0.397 e. The van der Waals surface area contributed by atoms with Crippen molar-refractivity contribution in [3.63, 3.8) is 0 Å². The highest BCUT2D eigenvalue weighted by Gasteiger charge is 2.00. The van der Waals surface area contributed by atoms with Gasteiger partial charge >= 0.3 is 0 Å². The number of nitrogens with zero attached hydrogens (tertiary/aromatic N) is 3. The number of nitrogens with two attached hydrogens (primary N) is 1. The van der Waals surface area contributed by atoms with E-state index in [1.165, 1.54) is 5.56 Å². The number of anilines is 2. The van der Waals surface area contributed by atoms with Gasteiger partial charge in [0.05, 0.1) is 18.1 Å². The molecule has 5 nitrogen and oxygen atoms in total. The van der Waals surface area contributed by atoms with Crippen molar-refractivity contribution in [3.05, 3.63) is 35.8 Å². The lowest BCUT2D eigenvalue weighted by Crippen LogP contribution is -2.07. The van der Waals surface area contributed by atoms with Crippen LogP contribution in [0.5, 0.6) is 0 Å².